The zero-order valence-electron chi connectivity index (χ0n) is 17.9. The average molecular weight is 434 g/mol. The molecule has 2 aromatic carbocycles. The lowest BCUT2D eigenvalue weighted by atomic mass is 9.98. The van der Waals surface area contributed by atoms with E-state index in [9.17, 15) is 9.59 Å². The van der Waals surface area contributed by atoms with E-state index in [1.807, 2.05) is 38.1 Å². The van der Waals surface area contributed by atoms with Gasteiger partial charge in [-0.25, -0.2) is 0 Å². The van der Waals surface area contributed by atoms with Crippen LogP contribution in [0.3, 0.4) is 0 Å². The Hall–Kier alpha value is -2.96. The van der Waals surface area contributed by atoms with Gasteiger partial charge < -0.3 is 10.6 Å². The predicted molar refractivity (Wildman–Crippen MR) is 125 cm³/mol. The number of amides is 2. The van der Waals surface area contributed by atoms with Crippen LogP contribution in [0.25, 0.3) is 0 Å². The average Bonchev–Trinajstić information content (AvgIpc) is 3.27. The summed E-state index contributed by atoms with van der Waals surface area (Å²) in [5, 5.41) is 7.62. The number of hydrogen-bond donors (Lipinski definition) is 2. The Morgan fingerprint density at radius 2 is 1.74 bits per heavy atom. The number of anilines is 1. The third-order valence-corrected chi connectivity index (χ3v) is 6.59. The van der Waals surface area contributed by atoms with Crippen LogP contribution < -0.4 is 10.6 Å². The number of fused-ring (bicyclic) bond motifs is 1. The van der Waals surface area contributed by atoms with Crippen LogP contribution in [-0.4, -0.2) is 29.8 Å². The first-order valence-corrected chi connectivity index (χ1v) is 11.4. The first-order chi connectivity index (χ1) is 15.0. The Kier molecular flexibility index (Phi) is 6.49. The van der Waals surface area contributed by atoms with Crippen molar-refractivity contribution in [1.29, 1.82) is 0 Å². The number of thiophene rings is 1. The molecule has 1 atom stereocenters. The van der Waals surface area contributed by atoms with Gasteiger partial charge in [0.15, 0.2) is 0 Å². The number of benzene rings is 2. The molecule has 4 rings (SSSR count). The Balaban J connectivity index is 1.42. The Morgan fingerprint density at radius 3 is 2.45 bits per heavy atom. The highest BCUT2D eigenvalue weighted by Gasteiger charge is 2.26. The van der Waals surface area contributed by atoms with Crippen LogP contribution in [0.1, 0.15) is 33.2 Å². The number of hydrogen-bond acceptors (Lipinski definition) is 4. The zero-order valence-corrected chi connectivity index (χ0v) is 18.7. The molecule has 0 bridgehead atoms. The van der Waals surface area contributed by atoms with Crippen LogP contribution in [0.15, 0.2) is 60.0 Å². The SMILES string of the molecule is Cc1cc(C)cc(NC(=O)C(=O)NC[C@@H](c2cccs2)N2CCc3ccccc3C2)c1. The van der Waals surface area contributed by atoms with Gasteiger partial charge >= 0.3 is 11.8 Å². The molecular formula is C25H27N3O2S. The van der Waals surface area contributed by atoms with Gasteiger partial charge in [0.05, 0.1) is 6.04 Å². The quantitative estimate of drug-likeness (QED) is 0.593. The summed E-state index contributed by atoms with van der Waals surface area (Å²) in [6, 6.07) is 18.4. The summed E-state index contributed by atoms with van der Waals surface area (Å²) in [7, 11) is 0. The number of aryl methyl sites for hydroxylation is 2. The van der Waals surface area contributed by atoms with E-state index < -0.39 is 11.8 Å². The minimum atomic E-state index is -0.640. The van der Waals surface area contributed by atoms with Crippen molar-refractivity contribution < 1.29 is 9.59 Å². The number of nitrogens with zero attached hydrogens (tertiary/aromatic N) is 1. The lowest BCUT2D eigenvalue weighted by Gasteiger charge is -2.35. The third-order valence-electron chi connectivity index (χ3n) is 5.61. The van der Waals surface area contributed by atoms with Gasteiger partial charge in [0.25, 0.3) is 0 Å². The standard InChI is InChI=1S/C25H27N3O2S/c1-17-12-18(2)14-21(13-17)27-25(30)24(29)26-15-22(23-8-5-11-31-23)28-10-9-19-6-3-4-7-20(19)16-28/h3-8,11-14,22H,9-10,15-16H2,1-2H3,(H,26,29)(H,27,30)/t22-/m0/s1. The van der Waals surface area contributed by atoms with Crippen molar-refractivity contribution in [3.63, 3.8) is 0 Å². The monoisotopic (exact) mass is 433 g/mol. The molecule has 160 valence electrons. The van der Waals surface area contributed by atoms with Crippen LogP contribution in [0.5, 0.6) is 0 Å². The van der Waals surface area contributed by atoms with Crippen molar-refractivity contribution in [2.75, 3.05) is 18.4 Å². The van der Waals surface area contributed by atoms with Gasteiger partial charge in [-0.05, 0) is 66.1 Å². The molecule has 0 spiro atoms. The molecular weight excluding hydrogens is 406 g/mol. The molecule has 0 unspecified atom stereocenters. The van der Waals surface area contributed by atoms with E-state index in [0.29, 0.717) is 12.2 Å². The van der Waals surface area contributed by atoms with Gasteiger partial charge in [0, 0.05) is 30.2 Å². The van der Waals surface area contributed by atoms with E-state index in [4.69, 9.17) is 0 Å². The summed E-state index contributed by atoms with van der Waals surface area (Å²) >= 11 is 1.68. The molecule has 2 amide bonds. The number of nitrogens with one attached hydrogen (secondary N) is 2. The van der Waals surface area contributed by atoms with E-state index in [-0.39, 0.29) is 6.04 Å². The molecule has 0 fully saturated rings. The van der Waals surface area contributed by atoms with Gasteiger partial charge in [0.1, 0.15) is 0 Å². The lowest BCUT2D eigenvalue weighted by molar-refractivity contribution is -0.136. The normalized spacial score (nSPS) is 14.5. The molecule has 2 heterocycles. The number of carbonyl (C=O) groups is 2. The molecule has 0 radical (unpaired) electrons. The topological polar surface area (TPSA) is 61.4 Å². The van der Waals surface area contributed by atoms with E-state index in [1.165, 1.54) is 16.0 Å². The molecule has 5 nitrogen and oxygen atoms in total. The molecule has 0 saturated heterocycles. The second-order valence-corrected chi connectivity index (χ2v) is 9.04. The highest BCUT2D eigenvalue weighted by molar-refractivity contribution is 7.10. The smallest absolute Gasteiger partial charge is 0.313 e. The maximum Gasteiger partial charge on any atom is 0.313 e. The molecule has 2 N–H and O–H groups in total. The van der Waals surface area contributed by atoms with Gasteiger partial charge in [-0.3, -0.25) is 14.5 Å². The van der Waals surface area contributed by atoms with Crippen LogP contribution in [-0.2, 0) is 22.6 Å². The van der Waals surface area contributed by atoms with Crippen LogP contribution in [0.2, 0.25) is 0 Å². The third kappa shape index (κ3) is 5.21. The van der Waals surface area contributed by atoms with Crippen molar-refractivity contribution in [2.45, 2.75) is 32.9 Å². The molecule has 0 saturated carbocycles. The number of carbonyl (C=O) groups excluding carboxylic acids is 2. The van der Waals surface area contributed by atoms with E-state index in [2.05, 4.69) is 51.2 Å². The molecule has 1 aromatic heterocycles. The minimum Gasteiger partial charge on any atom is -0.346 e. The van der Waals surface area contributed by atoms with Crippen molar-refractivity contribution in [3.05, 3.63) is 87.1 Å². The maximum atomic E-state index is 12.5. The molecule has 6 heteroatoms. The van der Waals surface area contributed by atoms with Gasteiger partial charge in [-0.15, -0.1) is 11.3 Å². The molecule has 0 aliphatic carbocycles. The number of rotatable bonds is 5. The molecule has 1 aliphatic rings. The summed E-state index contributed by atoms with van der Waals surface area (Å²) in [5.74, 6) is -1.25. The summed E-state index contributed by atoms with van der Waals surface area (Å²) in [5.41, 5.74) is 5.44. The lowest BCUT2D eigenvalue weighted by Crippen LogP contribution is -2.43. The zero-order chi connectivity index (χ0) is 21.8. The Morgan fingerprint density at radius 1 is 1.00 bits per heavy atom. The second kappa shape index (κ2) is 9.45. The highest BCUT2D eigenvalue weighted by atomic mass is 32.1. The van der Waals surface area contributed by atoms with E-state index in [0.717, 1.165) is 30.6 Å². The van der Waals surface area contributed by atoms with Gasteiger partial charge in [0.2, 0.25) is 0 Å². The summed E-state index contributed by atoms with van der Waals surface area (Å²) < 4.78 is 0. The largest absolute Gasteiger partial charge is 0.346 e. The van der Waals surface area contributed by atoms with Gasteiger partial charge in [-0.1, -0.05) is 36.4 Å². The molecule has 3 aromatic rings. The molecule has 1 aliphatic heterocycles. The van der Waals surface area contributed by atoms with Crippen molar-refractivity contribution in [1.82, 2.24) is 10.2 Å². The highest BCUT2D eigenvalue weighted by Crippen LogP contribution is 2.30. The first-order valence-electron chi connectivity index (χ1n) is 10.5. The van der Waals surface area contributed by atoms with Crippen molar-refractivity contribution >= 4 is 28.8 Å². The fourth-order valence-electron chi connectivity index (χ4n) is 4.18. The van der Waals surface area contributed by atoms with Crippen LogP contribution >= 0.6 is 11.3 Å². The van der Waals surface area contributed by atoms with Crippen LogP contribution in [0, 0.1) is 13.8 Å². The van der Waals surface area contributed by atoms with E-state index in [1.54, 1.807) is 11.3 Å². The summed E-state index contributed by atoms with van der Waals surface area (Å²) in [6.07, 6.45) is 0.985. The van der Waals surface area contributed by atoms with Crippen LogP contribution in [0.4, 0.5) is 5.69 Å². The van der Waals surface area contributed by atoms with Gasteiger partial charge in [-0.2, -0.15) is 0 Å². The van der Waals surface area contributed by atoms with Crippen molar-refractivity contribution in [2.24, 2.45) is 0 Å². The minimum absolute atomic E-state index is 0.0336. The fraction of sp³-hybridized carbons (Fsp3) is 0.280. The maximum absolute atomic E-state index is 12.5. The Bertz CT molecular complexity index is 1060. The van der Waals surface area contributed by atoms with Crippen molar-refractivity contribution in [3.8, 4) is 0 Å². The Labute approximate surface area is 187 Å². The summed E-state index contributed by atoms with van der Waals surface area (Å²) in [4.78, 5) is 28.5. The molecule has 31 heavy (non-hydrogen) atoms. The second-order valence-electron chi connectivity index (χ2n) is 8.06. The predicted octanol–water partition coefficient (Wildman–Crippen LogP) is 4.22. The summed E-state index contributed by atoms with van der Waals surface area (Å²) in [6.45, 7) is 6.08. The fourth-order valence-corrected chi connectivity index (χ4v) is 5.04. The first kappa shape index (κ1) is 21.3. The van der Waals surface area contributed by atoms with E-state index >= 15 is 0 Å².